The third-order valence-corrected chi connectivity index (χ3v) is 11.7. The Morgan fingerprint density at radius 3 is 1.09 bits per heavy atom. The molecule has 0 aromatic rings. The highest BCUT2D eigenvalue weighted by Crippen LogP contribution is 2.15. The van der Waals surface area contributed by atoms with Crippen molar-refractivity contribution in [2.24, 2.45) is 0 Å². The topological polar surface area (TPSA) is 78.9 Å². The largest absolute Gasteiger partial charge is 0.462 e. The van der Waals surface area contributed by atoms with E-state index in [4.69, 9.17) is 14.2 Å². The van der Waals surface area contributed by atoms with Gasteiger partial charge in [0.15, 0.2) is 6.10 Å². The van der Waals surface area contributed by atoms with E-state index < -0.39 is 6.10 Å². The minimum Gasteiger partial charge on any atom is -0.462 e. The zero-order valence-electron chi connectivity index (χ0n) is 43.2. The molecule has 1 atom stereocenters. The third-order valence-electron chi connectivity index (χ3n) is 11.7. The maximum absolute atomic E-state index is 12.8. The van der Waals surface area contributed by atoms with E-state index in [1.165, 1.54) is 128 Å². The second-order valence-corrected chi connectivity index (χ2v) is 18.1. The van der Waals surface area contributed by atoms with Crippen LogP contribution < -0.4 is 0 Å². The van der Waals surface area contributed by atoms with Crippen LogP contribution in [0.15, 0.2) is 85.1 Å². The molecule has 6 nitrogen and oxygen atoms in total. The summed E-state index contributed by atoms with van der Waals surface area (Å²) >= 11 is 0. The molecule has 0 aromatic heterocycles. The normalized spacial score (nSPS) is 12.7. The first-order chi connectivity index (χ1) is 32.5. The molecule has 0 heterocycles. The van der Waals surface area contributed by atoms with Crippen LogP contribution in [0.3, 0.4) is 0 Å². The monoisotopic (exact) mass is 919 g/mol. The summed E-state index contributed by atoms with van der Waals surface area (Å²) in [7, 11) is 0. The molecule has 0 aliphatic carbocycles. The quantitative estimate of drug-likeness (QED) is 0.0199. The Labute approximate surface area is 407 Å². The van der Waals surface area contributed by atoms with E-state index in [2.05, 4.69) is 106 Å². The fourth-order valence-electron chi connectivity index (χ4n) is 7.53. The van der Waals surface area contributed by atoms with Gasteiger partial charge in [0.25, 0.3) is 0 Å². The summed E-state index contributed by atoms with van der Waals surface area (Å²) in [6.07, 6.45) is 70.0. The van der Waals surface area contributed by atoms with Gasteiger partial charge in [-0.2, -0.15) is 0 Å². The molecule has 0 bridgehead atoms. The number of hydrogen-bond donors (Lipinski definition) is 0. The molecule has 1 unspecified atom stereocenters. The van der Waals surface area contributed by atoms with Crippen molar-refractivity contribution >= 4 is 17.9 Å². The van der Waals surface area contributed by atoms with Crippen molar-refractivity contribution in [2.45, 2.75) is 264 Å². The molecular weight excluding hydrogens is 817 g/mol. The molecule has 0 rings (SSSR count). The molecule has 378 valence electrons. The van der Waals surface area contributed by atoms with Gasteiger partial charge in [-0.3, -0.25) is 14.4 Å². The predicted octanol–water partition coefficient (Wildman–Crippen LogP) is 18.4. The Morgan fingerprint density at radius 2 is 0.652 bits per heavy atom. The number of unbranched alkanes of at least 4 members (excludes halogenated alkanes) is 25. The maximum Gasteiger partial charge on any atom is 0.306 e. The SMILES string of the molecule is CC/C=C\C/C=C\C/C=C\C/C=C\C/C=C\CCCC(=O)OCC(COC(=O)CCCCCCCC/C=C\C=C/CCCCC)OC(=O)CCCCCCCCCCCCCCCCCC. The lowest BCUT2D eigenvalue weighted by molar-refractivity contribution is -0.167. The van der Waals surface area contributed by atoms with Crippen LogP contribution in [0.1, 0.15) is 258 Å². The highest BCUT2D eigenvalue weighted by atomic mass is 16.6. The van der Waals surface area contributed by atoms with Gasteiger partial charge in [0.2, 0.25) is 0 Å². The molecule has 0 spiro atoms. The van der Waals surface area contributed by atoms with Crippen molar-refractivity contribution in [3.8, 4) is 0 Å². The molecule has 0 saturated carbocycles. The average Bonchev–Trinajstić information content (AvgIpc) is 3.31. The van der Waals surface area contributed by atoms with E-state index in [0.29, 0.717) is 19.3 Å². The van der Waals surface area contributed by atoms with Gasteiger partial charge >= 0.3 is 17.9 Å². The van der Waals surface area contributed by atoms with Crippen molar-refractivity contribution < 1.29 is 28.6 Å². The molecule has 66 heavy (non-hydrogen) atoms. The Morgan fingerprint density at radius 1 is 0.333 bits per heavy atom. The number of rotatable bonds is 49. The van der Waals surface area contributed by atoms with Gasteiger partial charge in [-0.05, 0) is 83.5 Å². The highest BCUT2D eigenvalue weighted by Gasteiger charge is 2.19. The van der Waals surface area contributed by atoms with Crippen LogP contribution in [0.25, 0.3) is 0 Å². The summed E-state index contributed by atoms with van der Waals surface area (Å²) < 4.78 is 16.8. The van der Waals surface area contributed by atoms with Gasteiger partial charge in [-0.1, -0.05) is 241 Å². The minimum absolute atomic E-state index is 0.0989. The van der Waals surface area contributed by atoms with Crippen LogP contribution in [0, 0.1) is 0 Å². The van der Waals surface area contributed by atoms with E-state index >= 15 is 0 Å². The maximum atomic E-state index is 12.8. The summed E-state index contributed by atoms with van der Waals surface area (Å²) in [5, 5.41) is 0. The van der Waals surface area contributed by atoms with Crippen molar-refractivity contribution in [3.05, 3.63) is 85.1 Å². The molecule has 0 aliphatic heterocycles. The Hall–Kier alpha value is -3.41. The molecule has 0 aromatic carbocycles. The molecule has 6 heteroatoms. The first-order valence-electron chi connectivity index (χ1n) is 27.6. The van der Waals surface area contributed by atoms with Crippen LogP contribution in [0.4, 0.5) is 0 Å². The molecule has 0 saturated heterocycles. The molecule has 0 aliphatic rings. The summed E-state index contributed by atoms with van der Waals surface area (Å²) in [6.45, 7) is 6.45. The van der Waals surface area contributed by atoms with Gasteiger partial charge in [-0.15, -0.1) is 0 Å². The third kappa shape index (κ3) is 51.6. The number of ether oxygens (including phenoxy) is 3. The lowest BCUT2D eigenvalue weighted by Gasteiger charge is -2.18. The first-order valence-corrected chi connectivity index (χ1v) is 27.6. The lowest BCUT2D eigenvalue weighted by Crippen LogP contribution is -2.30. The van der Waals surface area contributed by atoms with Crippen LogP contribution >= 0.6 is 0 Å². The van der Waals surface area contributed by atoms with Gasteiger partial charge in [0, 0.05) is 19.3 Å². The molecule has 0 N–H and O–H groups in total. The summed E-state index contributed by atoms with van der Waals surface area (Å²) in [5.74, 6) is -0.964. The van der Waals surface area contributed by atoms with E-state index in [1.807, 2.05) is 0 Å². The van der Waals surface area contributed by atoms with Crippen molar-refractivity contribution in [3.63, 3.8) is 0 Å². The number of esters is 3. The number of carbonyl (C=O) groups is 3. The fraction of sp³-hybridized carbons (Fsp3) is 0.717. The van der Waals surface area contributed by atoms with E-state index in [9.17, 15) is 14.4 Å². The Balaban J connectivity index is 4.48. The standard InChI is InChI=1S/C60H102O6/c1-4-7-10-13-16-19-22-25-28-30-33-35-38-41-44-47-50-53-59(62)65-56-57(55-64-58(61)52-49-46-43-40-37-34-31-27-24-21-18-15-12-9-6-3)66-60(63)54-51-48-45-42-39-36-32-29-26-23-20-17-14-11-8-5-2/h7,10,16,18-19,21,24-25,27-28,33,35,41,44,57H,4-6,8-9,11-15,17,20,22-23,26,29-32,34,36-40,42-43,45-56H2,1-3H3/b10-7-,19-16-,21-18-,27-24-,28-25-,35-33-,44-41-. The minimum atomic E-state index is -0.803. The molecular formula is C60H102O6. The molecule has 0 fully saturated rings. The second-order valence-electron chi connectivity index (χ2n) is 18.1. The number of carbonyl (C=O) groups excluding carboxylic acids is 3. The lowest BCUT2D eigenvalue weighted by atomic mass is 10.0. The molecule has 0 radical (unpaired) electrons. The first kappa shape index (κ1) is 62.6. The smallest absolute Gasteiger partial charge is 0.306 e. The Kier molecular flexibility index (Phi) is 51.4. The average molecular weight is 919 g/mol. The van der Waals surface area contributed by atoms with Crippen molar-refractivity contribution in [2.75, 3.05) is 13.2 Å². The second kappa shape index (κ2) is 54.2. The van der Waals surface area contributed by atoms with Crippen molar-refractivity contribution in [1.82, 2.24) is 0 Å². The van der Waals surface area contributed by atoms with E-state index in [1.54, 1.807) is 0 Å². The van der Waals surface area contributed by atoms with Crippen LogP contribution in [0.5, 0.6) is 0 Å². The highest BCUT2D eigenvalue weighted by molar-refractivity contribution is 5.71. The van der Waals surface area contributed by atoms with Gasteiger partial charge < -0.3 is 14.2 Å². The zero-order valence-corrected chi connectivity index (χ0v) is 43.2. The predicted molar refractivity (Wildman–Crippen MR) is 284 cm³/mol. The molecule has 0 amide bonds. The summed E-state index contributed by atoms with van der Waals surface area (Å²) in [4.78, 5) is 38.1. The zero-order chi connectivity index (χ0) is 47.9. The fourth-order valence-corrected chi connectivity index (χ4v) is 7.53. The van der Waals surface area contributed by atoms with E-state index in [-0.39, 0.29) is 37.5 Å². The van der Waals surface area contributed by atoms with Crippen molar-refractivity contribution in [1.29, 1.82) is 0 Å². The van der Waals surface area contributed by atoms with E-state index in [0.717, 1.165) is 83.5 Å². The number of allylic oxidation sites excluding steroid dienone is 14. The van der Waals surface area contributed by atoms with Gasteiger partial charge in [0.1, 0.15) is 13.2 Å². The van der Waals surface area contributed by atoms with Gasteiger partial charge in [0.05, 0.1) is 0 Å². The van der Waals surface area contributed by atoms with Gasteiger partial charge in [-0.25, -0.2) is 0 Å². The summed E-state index contributed by atoms with van der Waals surface area (Å²) in [6, 6.07) is 0. The summed E-state index contributed by atoms with van der Waals surface area (Å²) in [5.41, 5.74) is 0. The van der Waals surface area contributed by atoms with Crippen LogP contribution in [0.2, 0.25) is 0 Å². The Bertz CT molecular complexity index is 1290. The van der Waals surface area contributed by atoms with Crippen LogP contribution in [-0.4, -0.2) is 37.2 Å². The number of hydrogen-bond acceptors (Lipinski definition) is 6. The van der Waals surface area contributed by atoms with Crippen LogP contribution in [-0.2, 0) is 28.6 Å².